The molecule has 0 amide bonds. The van der Waals surface area contributed by atoms with Crippen LogP contribution in [0.1, 0.15) is 24.5 Å². The molecular formula is C17H16N2. The van der Waals surface area contributed by atoms with E-state index in [-0.39, 0.29) is 5.41 Å². The lowest BCUT2D eigenvalue weighted by molar-refractivity contribution is 0.600. The average Bonchev–Trinajstić information content (AvgIpc) is 2.50. The van der Waals surface area contributed by atoms with E-state index in [1.165, 1.54) is 16.7 Å². The Bertz CT molecular complexity index is 614. The number of hydrogen-bond acceptors (Lipinski definition) is 2. The quantitative estimate of drug-likeness (QED) is 0.808. The Hall–Kier alpha value is -2.22. The van der Waals surface area contributed by atoms with E-state index in [1.807, 2.05) is 36.9 Å². The molecule has 1 aliphatic carbocycles. The largest absolute Gasteiger partial charge is 0.265 e. The lowest BCUT2D eigenvalue weighted by atomic mass is 9.76. The number of allylic oxidation sites excluding steroid dienone is 4. The first-order chi connectivity index (χ1) is 9.28. The van der Waals surface area contributed by atoms with Crippen LogP contribution in [0, 0.1) is 0 Å². The maximum absolute atomic E-state index is 4.09. The molecule has 0 N–H and O–H groups in total. The first-order valence-electron chi connectivity index (χ1n) is 6.48. The summed E-state index contributed by atoms with van der Waals surface area (Å²) in [6.45, 7) is 2.26. The van der Waals surface area contributed by atoms with Crippen LogP contribution in [0.25, 0.3) is 5.57 Å². The van der Waals surface area contributed by atoms with Crippen molar-refractivity contribution in [3.8, 4) is 0 Å². The highest BCUT2D eigenvalue weighted by Crippen LogP contribution is 2.35. The van der Waals surface area contributed by atoms with E-state index < -0.39 is 0 Å². The van der Waals surface area contributed by atoms with Gasteiger partial charge in [0.2, 0.25) is 0 Å². The van der Waals surface area contributed by atoms with E-state index in [0.29, 0.717) is 0 Å². The summed E-state index contributed by atoms with van der Waals surface area (Å²) in [6, 6.07) is 8.28. The summed E-state index contributed by atoms with van der Waals surface area (Å²) < 4.78 is 0. The van der Waals surface area contributed by atoms with E-state index in [9.17, 15) is 0 Å². The third-order valence-corrected chi connectivity index (χ3v) is 3.73. The molecule has 0 saturated heterocycles. The maximum Gasteiger partial charge on any atom is 0.0273 e. The van der Waals surface area contributed by atoms with Gasteiger partial charge in [-0.3, -0.25) is 9.97 Å². The summed E-state index contributed by atoms with van der Waals surface area (Å²) in [4.78, 5) is 8.15. The van der Waals surface area contributed by atoms with E-state index >= 15 is 0 Å². The van der Waals surface area contributed by atoms with Crippen LogP contribution in [0.15, 0.2) is 67.3 Å². The van der Waals surface area contributed by atoms with Crippen molar-refractivity contribution in [1.29, 1.82) is 0 Å². The topological polar surface area (TPSA) is 25.8 Å². The van der Waals surface area contributed by atoms with Gasteiger partial charge in [-0.15, -0.1) is 0 Å². The Labute approximate surface area is 113 Å². The Balaban J connectivity index is 1.87. The minimum Gasteiger partial charge on any atom is -0.265 e. The molecule has 2 nitrogen and oxygen atoms in total. The van der Waals surface area contributed by atoms with Crippen LogP contribution in [0.3, 0.4) is 0 Å². The van der Waals surface area contributed by atoms with Crippen LogP contribution < -0.4 is 0 Å². The summed E-state index contributed by atoms with van der Waals surface area (Å²) in [6.07, 6.45) is 15.2. The average molecular weight is 248 g/mol. The molecule has 0 bridgehead atoms. The minimum absolute atomic E-state index is 0.0689. The molecule has 2 heteroatoms. The maximum atomic E-state index is 4.09. The highest BCUT2D eigenvalue weighted by atomic mass is 14.6. The molecule has 2 heterocycles. The van der Waals surface area contributed by atoms with Gasteiger partial charge in [0.05, 0.1) is 0 Å². The molecule has 0 aliphatic heterocycles. The molecule has 0 aromatic carbocycles. The number of aromatic nitrogens is 2. The highest BCUT2D eigenvalue weighted by Gasteiger charge is 2.24. The van der Waals surface area contributed by atoms with E-state index in [4.69, 9.17) is 0 Å². The number of rotatable bonds is 2. The van der Waals surface area contributed by atoms with Crippen molar-refractivity contribution in [2.45, 2.75) is 18.8 Å². The van der Waals surface area contributed by atoms with Crippen molar-refractivity contribution >= 4 is 5.57 Å². The van der Waals surface area contributed by atoms with Crippen molar-refractivity contribution in [1.82, 2.24) is 9.97 Å². The fourth-order valence-corrected chi connectivity index (χ4v) is 2.44. The lowest BCUT2D eigenvalue weighted by Gasteiger charge is -2.28. The van der Waals surface area contributed by atoms with Crippen molar-refractivity contribution in [3.05, 3.63) is 78.4 Å². The Morgan fingerprint density at radius 2 is 1.58 bits per heavy atom. The predicted octanol–water partition coefficient (Wildman–Crippen LogP) is 3.78. The zero-order valence-corrected chi connectivity index (χ0v) is 11.0. The van der Waals surface area contributed by atoms with Gasteiger partial charge in [-0.1, -0.05) is 25.2 Å². The first kappa shape index (κ1) is 11.8. The highest BCUT2D eigenvalue weighted by molar-refractivity contribution is 5.75. The molecular weight excluding hydrogens is 232 g/mol. The van der Waals surface area contributed by atoms with Crippen molar-refractivity contribution in [3.63, 3.8) is 0 Å². The monoisotopic (exact) mass is 248 g/mol. The molecule has 2 aromatic rings. The minimum atomic E-state index is 0.0689. The van der Waals surface area contributed by atoms with Crippen LogP contribution in [0.2, 0.25) is 0 Å². The van der Waals surface area contributed by atoms with E-state index in [1.54, 1.807) is 0 Å². The molecule has 94 valence electrons. The van der Waals surface area contributed by atoms with Gasteiger partial charge in [0.15, 0.2) is 0 Å². The molecule has 2 aromatic heterocycles. The second kappa shape index (κ2) is 4.81. The van der Waals surface area contributed by atoms with Gasteiger partial charge in [0.25, 0.3) is 0 Å². The molecule has 0 spiro atoms. The first-order valence-corrected chi connectivity index (χ1v) is 6.48. The van der Waals surface area contributed by atoms with Crippen LogP contribution in [-0.4, -0.2) is 9.97 Å². The van der Waals surface area contributed by atoms with Gasteiger partial charge in [-0.25, -0.2) is 0 Å². The smallest absolute Gasteiger partial charge is 0.0273 e. The molecule has 1 atom stereocenters. The normalized spacial score (nSPS) is 22.1. The number of nitrogens with zero attached hydrogens (tertiary/aromatic N) is 2. The standard InChI is InChI=1S/C17H16N2/c1-17(16-6-12-19-13-7-16)8-2-14(3-9-17)15-4-10-18-11-5-15/h2-8,10-13H,9H2,1H3. The van der Waals surface area contributed by atoms with E-state index in [2.05, 4.69) is 47.3 Å². The molecule has 1 unspecified atom stereocenters. The number of pyridine rings is 2. The third kappa shape index (κ3) is 2.34. The van der Waals surface area contributed by atoms with Crippen LogP contribution in [-0.2, 0) is 5.41 Å². The zero-order chi connectivity index (χ0) is 13.1. The molecule has 0 fully saturated rings. The van der Waals surface area contributed by atoms with Gasteiger partial charge in [-0.05, 0) is 47.4 Å². The summed E-state index contributed by atoms with van der Waals surface area (Å²) in [7, 11) is 0. The predicted molar refractivity (Wildman–Crippen MR) is 77.6 cm³/mol. The Kier molecular flexibility index (Phi) is 3.00. The third-order valence-electron chi connectivity index (χ3n) is 3.73. The fraction of sp³-hybridized carbons (Fsp3) is 0.176. The molecule has 0 saturated carbocycles. The molecule has 19 heavy (non-hydrogen) atoms. The zero-order valence-electron chi connectivity index (χ0n) is 11.0. The summed E-state index contributed by atoms with van der Waals surface area (Å²) in [5.74, 6) is 0. The number of hydrogen-bond donors (Lipinski definition) is 0. The van der Waals surface area contributed by atoms with Gasteiger partial charge < -0.3 is 0 Å². The lowest BCUT2D eigenvalue weighted by Crippen LogP contribution is -2.20. The Morgan fingerprint density at radius 3 is 2.16 bits per heavy atom. The fourth-order valence-electron chi connectivity index (χ4n) is 2.44. The molecule has 3 rings (SSSR count). The van der Waals surface area contributed by atoms with Crippen molar-refractivity contribution in [2.24, 2.45) is 0 Å². The van der Waals surface area contributed by atoms with Crippen LogP contribution in [0.4, 0.5) is 0 Å². The SMILES string of the molecule is CC1(c2ccncc2)C=CC(c2ccncc2)=CC1. The second-order valence-corrected chi connectivity index (χ2v) is 5.09. The second-order valence-electron chi connectivity index (χ2n) is 5.09. The van der Waals surface area contributed by atoms with Gasteiger partial charge in [0.1, 0.15) is 0 Å². The van der Waals surface area contributed by atoms with Crippen molar-refractivity contribution < 1.29 is 0 Å². The Morgan fingerprint density at radius 1 is 0.947 bits per heavy atom. The molecule has 0 radical (unpaired) electrons. The van der Waals surface area contributed by atoms with E-state index in [0.717, 1.165) is 6.42 Å². The van der Waals surface area contributed by atoms with Crippen LogP contribution in [0.5, 0.6) is 0 Å². The summed E-state index contributed by atoms with van der Waals surface area (Å²) >= 11 is 0. The van der Waals surface area contributed by atoms with Gasteiger partial charge >= 0.3 is 0 Å². The van der Waals surface area contributed by atoms with Gasteiger partial charge in [0, 0.05) is 30.2 Å². The summed E-state index contributed by atoms with van der Waals surface area (Å²) in [5.41, 5.74) is 3.88. The molecule has 1 aliphatic rings. The van der Waals surface area contributed by atoms with Crippen LogP contribution >= 0.6 is 0 Å². The van der Waals surface area contributed by atoms with Crippen molar-refractivity contribution in [2.75, 3.05) is 0 Å². The summed E-state index contributed by atoms with van der Waals surface area (Å²) in [5, 5.41) is 0. The van der Waals surface area contributed by atoms with Gasteiger partial charge in [-0.2, -0.15) is 0 Å².